The van der Waals surface area contributed by atoms with Crippen LogP contribution in [0.4, 0.5) is 5.69 Å². The molecule has 1 nitrogen and oxygen atoms in total. The van der Waals surface area contributed by atoms with Crippen molar-refractivity contribution < 1.29 is 0 Å². The number of rotatable bonds is 2. The minimum atomic E-state index is 0.443. The molecule has 0 amide bonds. The Balaban J connectivity index is 2.81. The summed E-state index contributed by atoms with van der Waals surface area (Å²) in [5.74, 6) is 2.60. The Kier molecular flexibility index (Phi) is 2.76. The minimum Gasteiger partial charge on any atom is -0.383 e. The molecule has 0 saturated heterocycles. The molecule has 0 aliphatic rings. The van der Waals surface area contributed by atoms with Gasteiger partial charge in [0.15, 0.2) is 0 Å². The van der Waals surface area contributed by atoms with Crippen LogP contribution in [0.25, 0.3) is 0 Å². The molecule has 0 fully saturated rings. The van der Waals surface area contributed by atoms with E-state index in [2.05, 4.69) is 25.1 Å². The molecule has 1 aromatic carbocycles. The quantitative estimate of drug-likeness (QED) is 0.654. The number of anilines is 1. The van der Waals surface area contributed by atoms with Crippen LogP contribution >= 0.6 is 0 Å². The second-order valence-electron chi connectivity index (χ2n) is 3.02. The zero-order valence-corrected chi connectivity index (χ0v) is 7.46. The Morgan fingerprint density at radius 1 is 1.42 bits per heavy atom. The van der Waals surface area contributed by atoms with Crippen LogP contribution in [0.15, 0.2) is 24.3 Å². The summed E-state index contributed by atoms with van der Waals surface area (Å²) in [7, 11) is 0. The molecule has 0 aliphatic carbocycles. The molecule has 1 rings (SSSR count). The average Bonchev–Trinajstić information content (AvgIpc) is 2.03. The van der Waals surface area contributed by atoms with E-state index in [9.17, 15) is 0 Å². The molecule has 0 spiro atoms. The van der Waals surface area contributed by atoms with Gasteiger partial charge >= 0.3 is 0 Å². The van der Waals surface area contributed by atoms with Gasteiger partial charge in [-0.05, 0) is 32.0 Å². The van der Waals surface area contributed by atoms with Crippen LogP contribution in [0.2, 0.25) is 0 Å². The van der Waals surface area contributed by atoms with E-state index in [1.807, 2.05) is 24.3 Å². The Hall–Kier alpha value is -1.42. The fraction of sp³-hybridized carbons (Fsp3) is 0.273. The highest BCUT2D eigenvalue weighted by Gasteiger charge is 1.94. The lowest BCUT2D eigenvalue weighted by Gasteiger charge is -2.09. The number of nitrogens with one attached hydrogen (secondary N) is 1. The van der Waals surface area contributed by atoms with E-state index in [4.69, 9.17) is 6.42 Å². The Morgan fingerprint density at radius 2 is 2.17 bits per heavy atom. The Morgan fingerprint density at radius 3 is 2.75 bits per heavy atom. The molecule has 1 N–H and O–H groups in total. The minimum absolute atomic E-state index is 0.443. The maximum absolute atomic E-state index is 5.27. The smallest absolute Gasteiger partial charge is 0.0354 e. The molecule has 1 heteroatoms. The Labute approximate surface area is 73.8 Å². The average molecular weight is 159 g/mol. The van der Waals surface area contributed by atoms with Crippen LogP contribution in [0, 0.1) is 12.3 Å². The molecule has 62 valence electrons. The van der Waals surface area contributed by atoms with Gasteiger partial charge in [-0.15, -0.1) is 6.42 Å². The molecule has 0 unspecified atom stereocenters. The predicted octanol–water partition coefficient (Wildman–Crippen LogP) is 2.49. The molecule has 0 heterocycles. The summed E-state index contributed by atoms with van der Waals surface area (Å²) in [6, 6.07) is 8.31. The van der Waals surface area contributed by atoms with Gasteiger partial charge in [0.2, 0.25) is 0 Å². The van der Waals surface area contributed by atoms with Crippen molar-refractivity contribution in [3.05, 3.63) is 29.8 Å². The zero-order chi connectivity index (χ0) is 8.97. The monoisotopic (exact) mass is 159 g/mol. The van der Waals surface area contributed by atoms with Crippen LogP contribution in [0.3, 0.4) is 0 Å². The highest BCUT2D eigenvalue weighted by atomic mass is 14.9. The van der Waals surface area contributed by atoms with Crippen molar-refractivity contribution in [2.75, 3.05) is 5.32 Å². The third kappa shape index (κ3) is 2.32. The second kappa shape index (κ2) is 3.82. The maximum atomic E-state index is 5.27. The van der Waals surface area contributed by atoms with E-state index >= 15 is 0 Å². The van der Waals surface area contributed by atoms with E-state index in [-0.39, 0.29) is 0 Å². The molecule has 12 heavy (non-hydrogen) atoms. The zero-order valence-electron chi connectivity index (χ0n) is 7.46. The third-order valence-corrected chi connectivity index (χ3v) is 1.48. The molecule has 1 aromatic rings. The Bertz CT molecular complexity index is 294. The number of terminal acetylenes is 1. The van der Waals surface area contributed by atoms with Crippen LogP contribution < -0.4 is 5.32 Å². The van der Waals surface area contributed by atoms with Crippen molar-refractivity contribution in [1.82, 2.24) is 0 Å². The van der Waals surface area contributed by atoms with Gasteiger partial charge in [-0.2, -0.15) is 0 Å². The normalized spacial score (nSPS) is 9.50. The van der Waals surface area contributed by atoms with Gasteiger partial charge in [0, 0.05) is 17.3 Å². The van der Waals surface area contributed by atoms with Gasteiger partial charge in [-0.1, -0.05) is 12.0 Å². The van der Waals surface area contributed by atoms with E-state index in [0.29, 0.717) is 6.04 Å². The standard InChI is InChI=1S/C11H13N/c1-4-10-6-5-7-11(8-10)12-9(2)3/h1,5-9,12H,2-3H3. The van der Waals surface area contributed by atoms with Crippen molar-refractivity contribution in [2.45, 2.75) is 19.9 Å². The van der Waals surface area contributed by atoms with E-state index < -0.39 is 0 Å². The molecule has 0 aliphatic heterocycles. The fourth-order valence-corrected chi connectivity index (χ4v) is 1.03. The second-order valence-corrected chi connectivity index (χ2v) is 3.02. The third-order valence-electron chi connectivity index (χ3n) is 1.48. The summed E-state index contributed by atoms with van der Waals surface area (Å²) in [5.41, 5.74) is 2.00. The molecule has 0 atom stereocenters. The summed E-state index contributed by atoms with van der Waals surface area (Å²) in [6.07, 6.45) is 5.27. The lowest BCUT2D eigenvalue weighted by molar-refractivity contribution is 0.900. The van der Waals surface area contributed by atoms with Gasteiger partial charge in [-0.25, -0.2) is 0 Å². The summed E-state index contributed by atoms with van der Waals surface area (Å²) >= 11 is 0. The van der Waals surface area contributed by atoms with Gasteiger partial charge in [-0.3, -0.25) is 0 Å². The van der Waals surface area contributed by atoms with Crippen LogP contribution in [0.1, 0.15) is 19.4 Å². The number of hydrogen-bond donors (Lipinski definition) is 1. The van der Waals surface area contributed by atoms with Crippen molar-refractivity contribution in [2.24, 2.45) is 0 Å². The first-order chi connectivity index (χ1) is 5.72. The SMILES string of the molecule is C#Cc1cccc(NC(C)C)c1. The van der Waals surface area contributed by atoms with Crippen LogP contribution in [-0.4, -0.2) is 6.04 Å². The van der Waals surface area contributed by atoms with Crippen LogP contribution in [-0.2, 0) is 0 Å². The first kappa shape index (κ1) is 8.67. The maximum Gasteiger partial charge on any atom is 0.0354 e. The first-order valence-corrected chi connectivity index (χ1v) is 4.05. The first-order valence-electron chi connectivity index (χ1n) is 4.05. The summed E-state index contributed by atoms with van der Waals surface area (Å²) in [6.45, 7) is 4.20. The molecule has 0 saturated carbocycles. The van der Waals surface area contributed by atoms with E-state index in [1.165, 1.54) is 0 Å². The topological polar surface area (TPSA) is 12.0 Å². The number of benzene rings is 1. The van der Waals surface area contributed by atoms with Gasteiger partial charge in [0.1, 0.15) is 0 Å². The molecule has 0 radical (unpaired) electrons. The highest BCUT2D eigenvalue weighted by Crippen LogP contribution is 2.10. The summed E-state index contributed by atoms with van der Waals surface area (Å²) in [5, 5.41) is 3.28. The largest absolute Gasteiger partial charge is 0.383 e. The number of hydrogen-bond acceptors (Lipinski definition) is 1. The summed E-state index contributed by atoms with van der Waals surface area (Å²) < 4.78 is 0. The predicted molar refractivity (Wildman–Crippen MR) is 53.1 cm³/mol. The lowest BCUT2D eigenvalue weighted by Crippen LogP contribution is -2.09. The summed E-state index contributed by atoms with van der Waals surface area (Å²) in [4.78, 5) is 0. The molecular formula is C11H13N. The van der Waals surface area contributed by atoms with Crippen molar-refractivity contribution in [3.8, 4) is 12.3 Å². The van der Waals surface area contributed by atoms with Crippen molar-refractivity contribution in [1.29, 1.82) is 0 Å². The highest BCUT2D eigenvalue weighted by molar-refractivity contribution is 5.50. The van der Waals surface area contributed by atoms with Gasteiger partial charge < -0.3 is 5.32 Å². The van der Waals surface area contributed by atoms with Gasteiger partial charge in [0.25, 0.3) is 0 Å². The van der Waals surface area contributed by atoms with E-state index in [0.717, 1.165) is 11.3 Å². The lowest BCUT2D eigenvalue weighted by atomic mass is 10.2. The van der Waals surface area contributed by atoms with E-state index in [1.54, 1.807) is 0 Å². The van der Waals surface area contributed by atoms with Crippen molar-refractivity contribution in [3.63, 3.8) is 0 Å². The molecule has 0 aromatic heterocycles. The fourth-order valence-electron chi connectivity index (χ4n) is 1.03. The molecule has 0 bridgehead atoms. The molecular weight excluding hydrogens is 146 g/mol. The van der Waals surface area contributed by atoms with Crippen molar-refractivity contribution >= 4 is 5.69 Å². The van der Waals surface area contributed by atoms with Gasteiger partial charge in [0.05, 0.1) is 0 Å². The van der Waals surface area contributed by atoms with Crippen LogP contribution in [0.5, 0.6) is 0 Å².